The molecule has 4 rings (SSSR count). The molecule has 0 unspecified atom stereocenters. The number of nitrogens with one attached hydrogen (secondary N) is 1. The Balaban J connectivity index is 1.57. The van der Waals surface area contributed by atoms with Crippen molar-refractivity contribution in [2.75, 3.05) is 0 Å². The summed E-state index contributed by atoms with van der Waals surface area (Å²) in [6.45, 7) is 0.580. The number of hydrogen-bond acceptors (Lipinski definition) is 3. The smallest absolute Gasteiger partial charge is 0.274 e. The molecule has 0 aliphatic rings. The molecular weight excluding hydrogens is 415 g/mol. The molecule has 31 heavy (non-hydrogen) atoms. The fourth-order valence-corrected chi connectivity index (χ4v) is 3.50. The first kappa shape index (κ1) is 20.3. The van der Waals surface area contributed by atoms with Crippen molar-refractivity contribution in [3.63, 3.8) is 0 Å². The lowest BCUT2D eigenvalue weighted by Gasteiger charge is -2.07. The number of rotatable bonds is 5. The molecule has 0 aliphatic heterocycles. The number of carbonyl (C=O) groups excluding carboxylic acids is 1. The van der Waals surface area contributed by atoms with E-state index in [4.69, 9.17) is 16.9 Å². The number of benzene rings is 3. The molecule has 1 heterocycles. The number of para-hydroxylation sites is 1. The van der Waals surface area contributed by atoms with E-state index in [0.717, 1.165) is 28.1 Å². The van der Waals surface area contributed by atoms with Crippen molar-refractivity contribution < 1.29 is 9.18 Å². The minimum absolute atomic E-state index is 0.142. The zero-order chi connectivity index (χ0) is 21.8. The lowest BCUT2D eigenvalue weighted by molar-refractivity contribution is 0.0951. The second-order valence-electron chi connectivity index (χ2n) is 6.83. The summed E-state index contributed by atoms with van der Waals surface area (Å²) in [6, 6.07) is 20.9. The Morgan fingerprint density at radius 2 is 1.94 bits per heavy atom. The van der Waals surface area contributed by atoms with Gasteiger partial charge in [-0.3, -0.25) is 4.79 Å². The Labute approximate surface area is 183 Å². The summed E-state index contributed by atoms with van der Waals surface area (Å²) < 4.78 is 16.1. The van der Waals surface area contributed by atoms with Crippen molar-refractivity contribution in [3.05, 3.63) is 106 Å². The number of aromatic nitrogens is 1. The Hall–Kier alpha value is -3.95. The van der Waals surface area contributed by atoms with Gasteiger partial charge in [0.1, 0.15) is 5.82 Å². The van der Waals surface area contributed by atoms with E-state index in [2.05, 4.69) is 15.1 Å². The molecule has 7 heteroatoms. The predicted molar refractivity (Wildman–Crippen MR) is 119 cm³/mol. The van der Waals surface area contributed by atoms with Crippen LogP contribution in [0.15, 0.2) is 78.0 Å². The SMILES string of the molecule is N#Cc1ccc(C(=O)N/N=C/c2cn(Cc3ccccc3Cl)c3ccccc23)c(F)c1. The van der Waals surface area contributed by atoms with Gasteiger partial charge in [-0.05, 0) is 35.9 Å². The van der Waals surface area contributed by atoms with E-state index in [1.165, 1.54) is 18.3 Å². The van der Waals surface area contributed by atoms with Crippen LogP contribution in [0.1, 0.15) is 27.0 Å². The number of amides is 1. The molecule has 1 amide bonds. The highest BCUT2D eigenvalue weighted by Gasteiger charge is 2.12. The van der Waals surface area contributed by atoms with Gasteiger partial charge < -0.3 is 4.57 Å². The number of hydrazone groups is 1. The highest BCUT2D eigenvalue weighted by Crippen LogP contribution is 2.23. The van der Waals surface area contributed by atoms with E-state index in [-0.39, 0.29) is 11.1 Å². The molecular formula is C24H16ClFN4O. The molecule has 1 N–H and O–H groups in total. The highest BCUT2D eigenvalue weighted by molar-refractivity contribution is 6.31. The third-order valence-electron chi connectivity index (χ3n) is 4.83. The Morgan fingerprint density at radius 1 is 1.16 bits per heavy atom. The van der Waals surface area contributed by atoms with Crippen molar-refractivity contribution in [1.82, 2.24) is 9.99 Å². The van der Waals surface area contributed by atoms with E-state index in [1.807, 2.05) is 60.8 Å². The number of nitriles is 1. The van der Waals surface area contributed by atoms with E-state index in [0.29, 0.717) is 11.6 Å². The molecule has 4 aromatic rings. The first-order valence-corrected chi connectivity index (χ1v) is 9.79. The van der Waals surface area contributed by atoms with Crippen molar-refractivity contribution >= 4 is 34.6 Å². The summed E-state index contributed by atoms with van der Waals surface area (Å²) in [7, 11) is 0. The topological polar surface area (TPSA) is 70.2 Å². The zero-order valence-electron chi connectivity index (χ0n) is 16.2. The van der Waals surface area contributed by atoms with Crippen LogP contribution in [-0.2, 0) is 6.54 Å². The Morgan fingerprint density at radius 3 is 2.71 bits per heavy atom. The van der Waals surface area contributed by atoms with Crippen molar-refractivity contribution in [2.24, 2.45) is 5.10 Å². The molecule has 0 fully saturated rings. The number of fused-ring (bicyclic) bond motifs is 1. The van der Waals surface area contributed by atoms with Gasteiger partial charge in [0.05, 0.1) is 23.4 Å². The molecule has 0 radical (unpaired) electrons. The minimum Gasteiger partial charge on any atom is -0.342 e. The van der Waals surface area contributed by atoms with Gasteiger partial charge in [-0.2, -0.15) is 10.4 Å². The quantitative estimate of drug-likeness (QED) is 0.352. The summed E-state index contributed by atoms with van der Waals surface area (Å²) >= 11 is 6.31. The number of hydrogen-bond donors (Lipinski definition) is 1. The van der Waals surface area contributed by atoms with Crippen LogP contribution in [-0.4, -0.2) is 16.7 Å². The summed E-state index contributed by atoms with van der Waals surface area (Å²) in [4.78, 5) is 12.2. The van der Waals surface area contributed by atoms with E-state index in [9.17, 15) is 9.18 Å². The summed E-state index contributed by atoms with van der Waals surface area (Å²) in [6.07, 6.45) is 3.44. The number of halogens is 2. The zero-order valence-corrected chi connectivity index (χ0v) is 17.0. The van der Waals surface area contributed by atoms with Gasteiger partial charge in [-0.25, -0.2) is 9.82 Å². The van der Waals surface area contributed by atoms with Crippen LogP contribution in [0.5, 0.6) is 0 Å². The second-order valence-corrected chi connectivity index (χ2v) is 7.23. The number of nitrogens with zero attached hydrogens (tertiary/aromatic N) is 3. The lowest BCUT2D eigenvalue weighted by Crippen LogP contribution is -2.19. The van der Waals surface area contributed by atoms with Crippen LogP contribution in [0.25, 0.3) is 10.9 Å². The largest absolute Gasteiger partial charge is 0.342 e. The van der Waals surface area contributed by atoms with Gasteiger partial charge in [0.2, 0.25) is 0 Å². The predicted octanol–water partition coefficient (Wildman–Crippen LogP) is 5.12. The lowest BCUT2D eigenvalue weighted by atomic mass is 10.1. The Kier molecular flexibility index (Phi) is 5.78. The molecule has 3 aromatic carbocycles. The van der Waals surface area contributed by atoms with Crippen LogP contribution in [0.4, 0.5) is 4.39 Å². The average Bonchev–Trinajstić information content (AvgIpc) is 3.12. The monoisotopic (exact) mass is 430 g/mol. The maximum atomic E-state index is 14.0. The maximum absolute atomic E-state index is 14.0. The van der Waals surface area contributed by atoms with Gasteiger partial charge in [0.15, 0.2) is 0 Å². The molecule has 1 aromatic heterocycles. The first-order chi connectivity index (χ1) is 15.1. The summed E-state index contributed by atoms with van der Waals surface area (Å²) in [5, 5.41) is 14.4. The molecule has 0 atom stereocenters. The van der Waals surface area contributed by atoms with Gasteiger partial charge in [0, 0.05) is 34.2 Å². The number of carbonyl (C=O) groups is 1. The van der Waals surface area contributed by atoms with Crippen LogP contribution >= 0.6 is 11.6 Å². The fourth-order valence-electron chi connectivity index (χ4n) is 3.31. The normalized spacial score (nSPS) is 11.0. The molecule has 0 aliphatic carbocycles. The van der Waals surface area contributed by atoms with Crippen molar-refractivity contribution in [2.45, 2.75) is 6.54 Å². The van der Waals surface area contributed by atoms with Gasteiger partial charge in [-0.15, -0.1) is 0 Å². The van der Waals surface area contributed by atoms with Gasteiger partial charge in [-0.1, -0.05) is 48.0 Å². The molecule has 152 valence electrons. The van der Waals surface area contributed by atoms with E-state index >= 15 is 0 Å². The van der Waals surface area contributed by atoms with Crippen molar-refractivity contribution in [1.29, 1.82) is 5.26 Å². The van der Waals surface area contributed by atoms with E-state index < -0.39 is 11.7 Å². The van der Waals surface area contributed by atoms with Gasteiger partial charge >= 0.3 is 0 Å². The average molecular weight is 431 g/mol. The summed E-state index contributed by atoms with van der Waals surface area (Å²) in [5.74, 6) is -1.47. The van der Waals surface area contributed by atoms with E-state index in [1.54, 1.807) is 0 Å². The molecule has 0 saturated carbocycles. The molecule has 0 bridgehead atoms. The third-order valence-corrected chi connectivity index (χ3v) is 5.20. The molecule has 0 spiro atoms. The second kappa shape index (κ2) is 8.82. The molecule has 0 saturated heterocycles. The standard InChI is InChI=1S/C24H16ClFN4O/c25-21-7-3-1-5-17(21)14-30-15-18(19-6-2-4-8-23(19)30)13-28-29-24(31)20-10-9-16(12-27)11-22(20)26/h1-11,13,15H,14H2,(H,29,31)/b28-13+. The van der Waals surface area contributed by atoms with Crippen molar-refractivity contribution in [3.8, 4) is 6.07 Å². The third kappa shape index (κ3) is 4.32. The van der Waals surface area contributed by atoms with Crippen LogP contribution in [0.2, 0.25) is 5.02 Å². The minimum atomic E-state index is -0.775. The first-order valence-electron chi connectivity index (χ1n) is 9.41. The Bertz CT molecular complexity index is 1350. The highest BCUT2D eigenvalue weighted by atomic mass is 35.5. The van der Waals surface area contributed by atoms with Crippen LogP contribution in [0, 0.1) is 17.1 Å². The maximum Gasteiger partial charge on any atom is 0.274 e. The van der Waals surface area contributed by atoms with Crippen LogP contribution < -0.4 is 5.43 Å². The fraction of sp³-hybridized carbons (Fsp3) is 0.0417. The van der Waals surface area contributed by atoms with Crippen LogP contribution in [0.3, 0.4) is 0 Å². The summed E-state index contributed by atoms with van der Waals surface area (Å²) in [5.41, 5.74) is 5.07. The van der Waals surface area contributed by atoms with Gasteiger partial charge in [0.25, 0.3) is 5.91 Å². The molecule has 5 nitrogen and oxygen atoms in total.